The maximum Gasteiger partial charge on any atom is 0.123 e. The second-order valence-corrected chi connectivity index (χ2v) is 5.61. The van der Waals surface area contributed by atoms with Crippen molar-refractivity contribution in [3.05, 3.63) is 41.5 Å². The number of aryl methyl sites for hydroxylation is 1. The predicted octanol–water partition coefficient (Wildman–Crippen LogP) is 3.76. The highest BCUT2D eigenvalue weighted by Gasteiger charge is 2.10. The number of nitrogens with zero attached hydrogens (tertiary/aromatic N) is 1. The van der Waals surface area contributed by atoms with Crippen molar-refractivity contribution < 1.29 is 4.74 Å². The smallest absolute Gasteiger partial charge is 0.123 e. The fourth-order valence-corrected chi connectivity index (χ4v) is 2.42. The van der Waals surface area contributed by atoms with Gasteiger partial charge in [0, 0.05) is 19.6 Å². The van der Waals surface area contributed by atoms with Gasteiger partial charge in [-0.25, -0.2) is 0 Å². The molecule has 1 aliphatic rings. The van der Waals surface area contributed by atoms with Gasteiger partial charge in [-0.2, -0.15) is 0 Å². The monoisotopic (exact) mass is 259 g/mol. The summed E-state index contributed by atoms with van der Waals surface area (Å²) in [6.07, 6.45) is 5.67. The lowest BCUT2D eigenvalue weighted by molar-refractivity contribution is 0.219. The van der Waals surface area contributed by atoms with Crippen molar-refractivity contribution in [2.75, 3.05) is 26.2 Å². The first-order valence-corrected chi connectivity index (χ1v) is 7.27. The van der Waals surface area contributed by atoms with E-state index in [2.05, 4.69) is 56.0 Å². The molecule has 104 valence electrons. The minimum absolute atomic E-state index is 0.508. The first-order chi connectivity index (χ1) is 9.16. The molecule has 0 N–H and O–H groups in total. The van der Waals surface area contributed by atoms with E-state index in [0.717, 1.165) is 32.0 Å². The van der Waals surface area contributed by atoms with Crippen LogP contribution in [0.25, 0.3) is 0 Å². The molecule has 1 aliphatic heterocycles. The molecule has 1 aromatic rings. The zero-order chi connectivity index (χ0) is 13.7. The zero-order valence-corrected chi connectivity index (χ0v) is 12.4. The highest BCUT2D eigenvalue weighted by atomic mass is 16.5. The van der Waals surface area contributed by atoms with Crippen LogP contribution in [0.15, 0.2) is 30.4 Å². The molecule has 1 heterocycles. The van der Waals surface area contributed by atoms with Crippen LogP contribution in [-0.2, 0) is 0 Å². The normalized spacial score (nSPS) is 16.0. The quantitative estimate of drug-likeness (QED) is 0.747. The maximum atomic E-state index is 6.02. The Labute approximate surface area is 117 Å². The van der Waals surface area contributed by atoms with E-state index in [1.807, 2.05) is 0 Å². The fraction of sp³-hybridized carbons (Fsp3) is 0.529. The van der Waals surface area contributed by atoms with Gasteiger partial charge in [-0.3, -0.25) is 4.90 Å². The maximum absolute atomic E-state index is 6.02. The summed E-state index contributed by atoms with van der Waals surface area (Å²) in [4.78, 5) is 2.44. The lowest BCUT2D eigenvalue weighted by Gasteiger charge is -2.23. The van der Waals surface area contributed by atoms with Crippen LogP contribution in [0.2, 0.25) is 0 Å². The number of ether oxygens (including phenoxy) is 1. The number of hydrogen-bond donors (Lipinski definition) is 0. The van der Waals surface area contributed by atoms with Crippen LogP contribution in [0.3, 0.4) is 0 Å². The van der Waals surface area contributed by atoms with Crippen LogP contribution < -0.4 is 4.74 Å². The molecule has 0 aromatic heterocycles. The lowest BCUT2D eigenvalue weighted by atomic mass is 10.0. The molecular weight excluding hydrogens is 234 g/mol. The fourth-order valence-electron chi connectivity index (χ4n) is 2.42. The highest BCUT2D eigenvalue weighted by Crippen LogP contribution is 2.27. The predicted molar refractivity (Wildman–Crippen MR) is 81.0 cm³/mol. The Hall–Kier alpha value is -1.28. The summed E-state index contributed by atoms with van der Waals surface area (Å²) in [5.74, 6) is 1.57. The molecule has 0 fully saturated rings. The first-order valence-electron chi connectivity index (χ1n) is 7.27. The van der Waals surface area contributed by atoms with Gasteiger partial charge in [0.15, 0.2) is 0 Å². The Morgan fingerprint density at radius 3 is 2.79 bits per heavy atom. The van der Waals surface area contributed by atoms with Gasteiger partial charge in [0.05, 0.1) is 0 Å². The summed E-state index contributed by atoms with van der Waals surface area (Å²) >= 11 is 0. The second-order valence-electron chi connectivity index (χ2n) is 5.61. The number of rotatable bonds is 5. The third-order valence-electron chi connectivity index (χ3n) is 3.60. The van der Waals surface area contributed by atoms with Crippen molar-refractivity contribution in [3.63, 3.8) is 0 Å². The topological polar surface area (TPSA) is 12.5 Å². The van der Waals surface area contributed by atoms with E-state index >= 15 is 0 Å². The van der Waals surface area contributed by atoms with Crippen molar-refractivity contribution >= 4 is 0 Å². The molecule has 1 aromatic carbocycles. The Balaban J connectivity index is 1.91. The Morgan fingerprint density at radius 2 is 2.11 bits per heavy atom. The third-order valence-corrected chi connectivity index (χ3v) is 3.60. The third kappa shape index (κ3) is 4.10. The van der Waals surface area contributed by atoms with Gasteiger partial charge >= 0.3 is 0 Å². The van der Waals surface area contributed by atoms with Gasteiger partial charge in [-0.1, -0.05) is 38.1 Å². The largest absolute Gasteiger partial charge is 0.492 e. The average Bonchev–Trinajstić information content (AvgIpc) is 2.39. The molecule has 0 aliphatic carbocycles. The lowest BCUT2D eigenvalue weighted by Crippen LogP contribution is -2.31. The van der Waals surface area contributed by atoms with Gasteiger partial charge in [0.2, 0.25) is 0 Å². The SMILES string of the molecule is Cc1ccc(C(C)C)c(OCCN2CC=CCC2)c1. The van der Waals surface area contributed by atoms with E-state index in [0.29, 0.717) is 5.92 Å². The van der Waals surface area contributed by atoms with Crippen molar-refractivity contribution in [3.8, 4) is 5.75 Å². The standard InChI is InChI=1S/C17H25NO/c1-14(2)16-8-7-15(3)13-17(16)19-12-11-18-9-5-4-6-10-18/h4-5,7-8,13-14H,6,9-12H2,1-3H3. The van der Waals surface area contributed by atoms with Gasteiger partial charge < -0.3 is 4.74 Å². The highest BCUT2D eigenvalue weighted by molar-refractivity contribution is 5.39. The van der Waals surface area contributed by atoms with E-state index in [1.165, 1.54) is 17.5 Å². The summed E-state index contributed by atoms with van der Waals surface area (Å²) < 4.78 is 6.02. The number of hydrogen-bond acceptors (Lipinski definition) is 2. The minimum atomic E-state index is 0.508. The first kappa shape index (κ1) is 14.1. The van der Waals surface area contributed by atoms with Gasteiger partial charge in [0.1, 0.15) is 12.4 Å². The molecule has 0 spiro atoms. The van der Waals surface area contributed by atoms with Crippen molar-refractivity contribution in [2.24, 2.45) is 0 Å². The molecule has 0 unspecified atom stereocenters. The van der Waals surface area contributed by atoms with Gasteiger partial charge in [-0.05, 0) is 36.5 Å². The van der Waals surface area contributed by atoms with E-state index in [4.69, 9.17) is 4.74 Å². The molecule has 0 saturated carbocycles. The van der Waals surface area contributed by atoms with Gasteiger partial charge in [0.25, 0.3) is 0 Å². The van der Waals surface area contributed by atoms with Crippen LogP contribution in [0.1, 0.15) is 37.3 Å². The molecule has 0 bridgehead atoms. The number of benzene rings is 1. The van der Waals surface area contributed by atoms with Crippen molar-refractivity contribution in [1.29, 1.82) is 0 Å². The minimum Gasteiger partial charge on any atom is -0.492 e. The molecule has 0 saturated heterocycles. The Kier molecular flexibility index (Phi) is 5.03. The average molecular weight is 259 g/mol. The Morgan fingerprint density at radius 1 is 1.26 bits per heavy atom. The van der Waals surface area contributed by atoms with Crippen LogP contribution in [0.5, 0.6) is 5.75 Å². The summed E-state index contributed by atoms with van der Waals surface area (Å²) in [5.41, 5.74) is 2.57. The molecular formula is C17H25NO. The van der Waals surface area contributed by atoms with Crippen molar-refractivity contribution in [1.82, 2.24) is 4.90 Å². The van der Waals surface area contributed by atoms with E-state index in [1.54, 1.807) is 0 Å². The molecule has 0 atom stereocenters. The molecule has 2 nitrogen and oxygen atoms in total. The summed E-state index contributed by atoms with van der Waals surface area (Å²) in [7, 11) is 0. The molecule has 19 heavy (non-hydrogen) atoms. The summed E-state index contributed by atoms with van der Waals surface area (Å²) in [5, 5.41) is 0. The zero-order valence-electron chi connectivity index (χ0n) is 12.4. The van der Waals surface area contributed by atoms with Crippen LogP contribution >= 0.6 is 0 Å². The van der Waals surface area contributed by atoms with Crippen LogP contribution in [0.4, 0.5) is 0 Å². The molecule has 0 amide bonds. The molecule has 0 radical (unpaired) electrons. The molecule has 2 heteroatoms. The van der Waals surface area contributed by atoms with Crippen LogP contribution in [-0.4, -0.2) is 31.1 Å². The summed E-state index contributed by atoms with van der Waals surface area (Å²) in [6.45, 7) is 10.6. The van der Waals surface area contributed by atoms with E-state index < -0.39 is 0 Å². The Bertz CT molecular complexity index is 437. The summed E-state index contributed by atoms with van der Waals surface area (Å²) in [6, 6.07) is 6.52. The van der Waals surface area contributed by atoms with E-state index in [-0.39, 0.29) is 0 Å². The second kappa shape index (κ2) is 6.76. The molecule has 2 rings (SSSR count). The van der Waals surface area contributed by atoms with Gasteiger partial charge in [-0.15, -0.1) is 0 Å². The van der Waals surface area contributed by atoms with Crippen molar-refractivity contribution in [2.45, 2.75) is 33.1 Å². The van der Waals surface area contributed by atoms with E-state index in [9.17, 15) is 0 Å². The van der Waals surface area contributed by atoms with Crippen LogP contribution in [0, 0.1) is 6.92 Å².